The van der Waals surface area contributed by atoms with Crippen LogP contribution in [0.25, 0.3) is 0 Å². The van der Waals surface area contributed by atoms with Crippen molar-refractivity contribution in [3.63, 3.8) is 0 Å². The van der Waals surface area contributed by atoms with Gasteiger partial charge in [0, 0.05) is 32.6 Å². The number of aromatic nitrogens is 3. The molecule has 0 spiro atoms. The third kappa shape index (κ3) is 4.04. The summed E-state index contributed by atoms with van der Waals surface area (Å²) in [6.45, 7) is 12.0. The molecule has 0 saturated heterocycles. The normalized spacial score (nSPS) is 15.6. The van der Waals surface area contributed by atoms with Crippen LogP contribution in [0.1, 0.15) is 47.4 Å². The molecule has 1 aliphatic heterocycles. The Labute approximate surface area is 154 Å². The third-order valence-electron chi connectivity index (χ3n) is 4.85. The van der Waals surface area contributed by atoms with E-state index in [1.807, 2.05) is 6.92 Å². The second kappa shape index (κ2) is 7.86. The molecule has 0 atom stereocenters. The fraction of sp³-hybridized carbons (Fsp3) is 0.526. The van der Waals surface area contributed by atoms with Gasteiger partial charge in [-0.2, -0.15) is 0 Å². The summed E-state index contributed by atoms with van der Waals surface area (Å²) in [5.41, 5.74) is 1.95. The van der Waals surface area contributed by atoms with Crippen LogP contribution in [0.5, 0.6) is 0 Å². The Morgan fingerprint density at radius 2 is 2.12 bits per heavy atom. The molecule has 0 saturated carbocycles. The van der Waals surface area contributed by atoms with E-state index in [0.29, 0.717) is 17.9 Å². The topological polar surface area (TPSA) is 76.2 Å². The van der Waals surface area contributed by atoms with E-state index in [1.165, 1.54) is 5.57 Å². The molecule has 0 fully saturated rings. The van der Waals surface area contributed by atoms with Crippen LogP contribution in [-0.4, -0.2) is 45.2 Å². The van der Waals surface area contributed by atoms with Crippen molar-refractivity contribution in [2.45, 2.75) is 47.2 Å². The van der Waals surface area contributed by atoms with Gasteiger partial charge in [-0.05, 0) is 33.8 Å². The third-order valence-corrected chi connectivity index (χ3v) is 4.85. The van der Waals surface area contributed by atoms with Crippen LogP contribution in [0, 0.1) is 13.8 Å². The molecule has 7 nitrogen and oxygen atoms in total. The minimum absolute atomic E-state index is 0.143. The SMILES string of the molecule is C/C=C(\C)CN1CCc2nnc(CNC(=O)c3cc(C)oc3C)n2CC1. The molecule has 3 heterocycles. The summed E-state index contributed by atoms with van der Waals surface area (Å²) in [6.07, 6.45) is 3.03. The van der Waals surface area contributed by atoms with Gasteiger partial charge in [0.2, 0.25) is 0 Å². The molecule has 0 bridgehead atoms. The Morgan fingerprint density at radius 3 is 2.81 bits per heavy atom. The molecule has 7 heteroatoms. The Hall–Kier alpha value is -2.41. The number of hydrogen-bond acceptors (Lipinski definition) is 5. The summed E-state index contributed by atoms with van der Waals surface area (Å²) in [4.78, 5) is 14.8. The zero-order valence-electron chi connectivity index (χ0n) is 16.0. The Morgan fingerprint density at radius 1 is 1.31 bits per heavy atom. The lowest BCUT2D eigenvalue weighted by Gasteiger charge is -2.19. The molecular formula is C19H27N5O2. The summed E-state index contributed by atoms with van der Waals surface area (Å²) < 4.78 is 7.57. The first-order chi connectivity index (χ1) is 12.5. The Balaban J connectivity index is 1.63. The van der Waals surface area contributed by atoms with E-state index >= 15 is 0 Å². The van der Waals surface area contributed by atoms with Crippen molar-refractivity contribution in [2.24, 2.45) is 0 Å². The lowest BCUT2D eigenvalue weighted by Crippen LogP contribution is -2.29. The van der Waals surface area contributed by atoms with Gasteiger partial charge < -0.3 is 14.3 Å². The van der Waals surface area contributed by atoms with Gasteiger partial charge in [0.1, 0.15) is 17.3 Å². The van der Waals surface area contributed by atoms with Crippen LogP contribution in [-0.2, 0) is 19.5 Å². The number of hydrogen-bond donors (Lipinski definition) is 1. The second-order valence-corrected chi connectivity index (χ2v) is 6.85. The van der Waals surface area contributed by atoms with Crippen molar-refractivity contribution >= 4 is 5.91 Å². The molecule has 0 aliphatic carbocycles. The quantitative estimate of drug-likeness (QED) is 0.831. The first kappa shape index (κ1) is 18.4. The van der Waals surface area contributed by atoms with Crippen molar-refractivity contribution in [1.29, 1.82) is 0 Å². The molecule has 0 radical (unpaired) electrons. The van der Waals surface area contributed by atoms with E-state index in [1.54, 1.807) is 13.0 Å². The van der Waals surface area contributed by atoms with Crippen LogP contribution >= 0.6 is 0 Å². The van der Waals surface area contributed by atoms with Crippen LogP contribution in [0.4, 0.5) is 0 Å². The molecule has 0 aromatic carbocycles. The summed E-state index contributed by atoms with van der Waals surface area (Å²) in [6, 6.07) is 1.76. The number of aryl methyl sites for hydroxylation is 2. The number of carbonyl (C=O) groups is 1. The van der Waals surface area contributed by atoms with Gasteiger partial charge in [0.15, 0.2) is 5.82 Å². The number of furan rings is 1. The molecule has 26 heavy (non-hydrogen) atoms. The maximum Gasteiger partial charge on any atom is 0.255 e. The summed E-state index contributed by atoms with van der Waals surface area (Å²) >= 11 is 0. The molecule has 3 rings (SSSR count). The van der Waals surface area contributed by atoms with E-state index in [2.05, 4.69) is 44.9 Å². The predicted molar refractivity (Wildman–Crippen MR) is 98.9 cm³/mol. The molecule has 1 amide bonds. The predicted octanol–water partition coefficient (Wildman–Crippen LogP) is 2.24. The fourth-order valence-corrected chi connectivity index (χ4v) is 3.27. The van der Waals surface area contributed by atoms with Gasteiger partial charge >= 0.3 is 0 Å². The molecule has 2 aromatic rings. The Kier molecular flexibility index (Phi) is 5.56. The van der Waals surface area contributed by atoms with Crippen LogP contribution in [0.2, 0.25) is 0 Å². The van der Waals surface area contributed by atoms with E-state index in [0.717, 1.165) is 50.0 Å². The van der Waals surface area contributed by atoms with Crippen molar-refractivity contribution < 1.29 is 9.21 Å². The van der Waals surface area contributed by atoms with Crippen molar-refractivity contribution in [1.82, 2.24) is 25.0 Å². The average molecular weight is 357 g/mol. The molecule has 140 valence electrons. The average Bonchev–Trinajstić information content (AvgIpc) is 3.10. The van der Waals surface area contributed by atoms with Gasteiger partial charge in [-0.1, -0.05) is 11.6 Å². The van der Waals surface area contributed by atoms with E-state index in [4.69, 9.17) is 4.42 Å². The van der Waals surface area contributed by atoms with Crippen LogP contribution in [0.3, 0.4) is 0 Å². The fourth-order valence-electron chi connectivity index (χ4n) is 3.27. The highest BCUT2D eigenvalue weighted by Gasteiger charge is 2.20. The van der Waals surface area contributed by atoms with Crippen molar-refractivity contribution in [3.8, 4) is 0 Å². The first-order valence-electron chi connectivity index (χ1n) is 9.08. The van der Waals surface area contributed by atoms with Crippen molar-refractivity contribution in [3.05, 3.63) is 46.4 Å². The van der Waals surface area contributed by atoms with E-state index < -0.39 is 0 Å². The summed E-state index contributed by atoms with van der Waals surface area (Å²) in [5, 5.41) is 11.5. The zero-order chi connectivity index (χ0) is 18.7. The maximum atomic E-state index is 12.4. The number of rotatable bonds is 5. The van der Waals surface area contributed by atoms with E-state index in [-0.39, 0.29) is 5.91 Å². The molecule has 1 aliphatic rings. The minimum atomic E-state index is -0.143. The lowest BCUT2D eigenvalue weighted by molar-refractivity contribution is 0.0948. The first-order valence-corrected chi connectivity index (χ1v) is 9.08. The van der Waals surface area contributed by atoms with Gasteiger partial charge in [-0.15, -0.1) is 10.2 Å². The lowest BCUT2D eigenvalue weighted by atomic mass is 10.2. The van der Waals surface area contributed by atoms with Gasteiger partial charge in [-0.25, -0.2) is 0 Å². The largest absolute Gasteiger partial charge is 0.466 e. The zero-order valence-corrected chi connectivity index (χ0v) is 16.0. The number of amides is 1. The Bertz CT molecular complexity index is 818. The number of carbonyl (C=O) groups excluding carboxylic acids is 1. The highest BCUT2D eigenvalue weighted by atomic mass is 16.3. The van der Waals surface area contributed by atoms with Gasteiger partial charge in [-0.3, -0.25) is 9.69 Å². The second-order valence-electron chi connectivity index (χ2n) is 6.85. The smallest absolute Gasteiger partial charge is 0.255 e. The number of nitrogens with zero attached hydrogens (tertiary/aromatic N) is 4. The minimum Gasteiger partial charge on any atom is -0.466 e. The van der Waals surface area contributed by atoms with Crippen molar-refractivity contribution in [2.75, 3.05) is 19.6 Å². The highest BCUT2D eigenvalue weighted by molar-refractivity contribution is 5.95. The molecule has 2 aromatic heterocycles. The maximum absolute atomic E-state index is 12.4. The molecular weight excluding hydrogens is 330 g/mol. The molecule has 1 N–H and O–H groups in total. The number of nitrogens with one attached hydrogen (secondary N) is 1. The van der Waals surface area contributed by atoms with Crippen LogP contribution < -0.4 is 5.32 Å². The summed E-state index contributed by atoms with van der Waals surface area (Å²) in [5.74, 6) is 3.02. The monoisotopic (exact) mass is 357 g/mol. The van der Waals surface area contributed by atoms with E-state index in [9.17, 15) is 4.79 Å². The standard InChI is InChI=1S/C19H27N5O2/c1-5-13(2)12-23-7-6-17-21-22-18(24(17)9-8-23)11-20-19(25)16-10-14(3)26-15(16)4/h5,10H,6-9,11-12H2,1-4H3,(H,20,25)/b13-5+. The number of allylic oxidation sites excluding steroid dienone is 1. The highest BCUT2D eigenvalue weighted by Crippen LogP contribution is 2.14. The van der Waals surface area contributed by atoms with Crippen LogP contribution in [0.15, 0.2) is 22.1 Å². The number of fused-ring (bicyclic) bond motifs is 1. The van der Waals surface area contributed by atoms with Gasteiger partial charge in [0.25, 0.3) is 5.91 Å². The summed E-state index contributed by atoms with van der Waals surface area (Å²) in [7, 11) is 0. The molecule has 0 unspecified atom stereocenters. The van der Waals surface area contributed by atoms with Gasteiger partial charge in [0.05, 0.1) is 12.1 Å².